The van der Waals surface area contributed by atoms with E-state index in [-0.39, 0.29) is 11.8 Å². The van der Waals surface area contributed by atoms with Crippen LogP contribution in [0.5, 0.6) is 0 Å². The van der Waals surface area contributed by atoms with Crippen LogP contribution in [0, 0.1) is 0 Å². The van der Waals surface area contributed by atoms with E-state index in [0.717, 1.165) is 12.2 Å². The first-order chi connectivity index (χ1) is 14.1. The van der Waals surface area contributed by atoms with E-state index in [2.05, 4.69) is 44.1 Å². The Morgan fingerprint density at radius 1 is 1.14 bits per heavy atom. The Kier molecular flexibility index (Phi) is 8.15. The predicted octanol–water partition coefficient (Wildman–Crippen LogP) is 4.87. The van der Waals surface area contributed by atoms with Crippen LogP contribution in [-0.4, -0.2) is 36.4 Å². The summed E-state index contributed by atoms with van der Waals surface area (Å²) >= 11 is 6.77. The second-order valence-corrected chi connectivity index (χ2v) is 9.34. The molecule has 2 amide bonds. The van der Waals surface area contributed by atoms with Crippen LogP contribution >= 0.6 is 39.0 Å². The molecule has 7 heteroatoms. The highest BCUT2D eigenvalue weighted by Crippen LogP contribution is 2.25. The molecule has 0 aliphatic heterocycles. The van der Waals surface area contributed by atoms with Crippen LogP contribution in [-0.2, 0) is 11.2 Å². The number of halogens is 1. The van der Waals surface area contributed by atoms with Gasteiger partial charge in [0.2, 0.25) is 5.91 Å². The van der Waals surface area contributed by atoms with Gasteiger partial charge >= 0.3 is 0 Å². The minimum Gasteiger partial charge on any atom is -0.354 e. The van der Waals surface area contributed by atoms with Gasteiger partial charge in [-0.2, -0.15) is 11.8 Å². The highest BCUT2D eigenvalue weighted by Gasteiger charge is 2.21. The number of amides is 2. The lowest BCUT2D eigenvalue weighted by molar-refractivity contribution is -0.122. The zero-order chi connectivity index (χ0) is 20.6. The summed E-state index contributed by atoms with van der Waals surface area (Å²) in [5.74, 6) is 0.408. The van der Waals surface area contributed by atoms with Gasteiger partial charge in [0.15, 0.2) is 0 Å². The molecule has 1 aromatic heterocycles. The number of nitrogens with one attached hydrogen (secondary N) is 2. The summed E-state index contributed by atoms with van der Waals surface area (Å²) in [7, 11) is 0. The first kappa shape index (κ1) is 21.9. The van der Waals surface area contributed by atoms with Gasteiger partial charge in [-0.3, -0.25) is 9.59 Å². The summed E-state index contributed by atoms with van der Waals surface area (Å²) < 4.78 is 1.97. The largest absolute Gasteiger partial charge is 0.354 e. The summed E-state index contributed by atoms with van der Waals surface area (Å²) in [6.45, 7) is 0.542. The molecule has 3 rings (SSSR count). The molecule has 0 radical (unpaired) electrons. The average molecular weight is 491 g/mol. The number of carbonyl (C=O) groups excluding carboxylic acids is 2. The monoisotopic (exact) mass is 490 g/mol. The van der Waals surface area contributed by atoms with Crippen molar-refractivity contribution in [2.45, 2.75) is 18.9 Å². The Morgan fingerprint density at radius 2 is 1.90 bits per heavy atom. The summed E-state index contributed by atoms with van der Waals surface area (Å²) in [6, 6.07) is 15.0. The first-order valence-corrected chi connectivity index (χ1v) is 12.4. The normalized spacial score (nSPS) is 11.9. The fourth-order valence-corrected chi connectivity index (χ4v) is 4.99. The summed E-state index contributed by atoms with van der Waals surface area (Å²) in [5, 5.41) is 9.28. The second-order valence-electron chi connectivity index (χ2n) is 6.59. The van der Waals surface area contributed by atoms with E-state index in [1.165, 1.54) is 15.6 Å². The van der Waals surface area contributed by atoms with Gasteiger partial charge in [0.25, 0.3) is 5.91 Å². The SMILES string of the molecule is CSCCC(NC(=O)c1ccccc1Br)C(=O)NCCc1csc2ccccc12. The maximum atomic E-state index is 12.7. The van der Waals surface area contributed by atoms with Crippen molar-refractivity contribution < 1.29 is 9.59 Å². The molecule has 0 fully saturated rings. The summed E-state index contributed by atoms with van der Waals surface area (Å²) in [6.07, 6.45) is 3.35. The van der Waals surface area contributed by atoms with Crippen LogP contribution in [0.15, 0.2) is 58.4 Å². The Labute approximate surface area is 187 Å². The quantitative estimate of drug-likeness (QED) is 0.449. The van der Waals surface area contributed by atoms with Gasteiger partial charge in [-0.25, -0.2) is 0 Å². The molecular formula is C22H23BrN2O2S2. The van der Waals surface area contributed by atoms with E-state index in [0.29, 0.717) is 23.0 Å². The van der Waals surface area contributed by atoms with Gasteiger partial charge in [-0.1, -0.05) is 30.3 Å². The Balaban J connectivity index is 1.59. The van der Waals surface area contributed by atoms with Gasteiger partial charge < -0.3 is 10.6 Å². The smallest absolute Gasteiger partial charge is 0.253 e. The number of rotatable bonds is 9. The van der Waals surface area contributed by atoms with Gasteiger partial charge in [0.05, 0.1) is 5.56 Å². The number of thioether (sulfide) groups is 1. The molecule has 1 heterocycles. The lowest BCUT2D eigenvalue weighted by atomic mass is 10.1. The third-order valence-electron chi connectivity index (χ3n) is 4.61. The topological polar surface area (TPSA) is 58.2 Å². The molecule has 0 aliphatic carbocycles. The van der Waals surface area contributed by atoms with Crippen molar-refractivity contribution in [3.05, 3.63) is 69.5 Å². The second kappa shape index (κ2) is 10.8. The van der Waals surface area contributed by atoms with Gasteiger partial charge in [0.1, 0.15) is 6.04 Å². The van der Waals surface area contributed by atoms with Crippen LogP contribution in [0.2, 0.25) is 0 Å². The maximum Gasteiger partial charge on any atom is 0.253 e. The molecule has 2 N–H and O–H groups in total. The zero-order valence-corrected chi connectivity index (χ0v) is 19.3. The summed E-state index contributed by atoms with van der Waals surface area (Å²) in [4.78, 5) is 25.4. The molecule has 1 unspecified atom stereocenters. The van der Waals surface area contributed by atoms with Crippen molar-refractivity contribution in [3.63, 3.8) is 0 Å². The van der Waals surface area contributed by atoms with E-state index in [1.807, 2.05) is 36.6 Å². The van der Waals surface area contributed by atoms with Crippen LogP contribution in [0.25, 0.3) is 10.1 Å². The van der Waals surface area contributed by atoms with Crippen molar-refractivity contribution in [2.24, 2.45) is 0 Å². The van der Waals surface area contributed by atoms with E-state index in [4.69, 9.17) is 0 Å². The maximum absolute atomic E-state index is 12.7. The van der Waals surface area contributed by atoms with Crippen molar-refractivity contribution in [1.82, 2.24) is 10.6 Å². The molecule has 2 aromatic carbocycles. The number of benzene rings is 2. The summed E-state index contributed by atoms with van der Waals surface area (Å²) in [5.41, 5.74) is 1.77. The lowest BCUT2D eigenvalue weighted by Crippen LogP contribution is -2.47. The van der Waals surface area contributed by atoms with Crippen LogP contribution in [0.4, 0.5) is 0 Å². The lowest BCUT2D eigenvalue weighted by Gasteiger charge is -2.18. The third-order valence-corrected chi connectivity index (χ3v) is 6.95. The fourth-order valence-electron chi connectivity index (χ4n) is 3.06. The van der Waals surface area contributed by atoms with Gasteiger partial charge in [-0.05, 0) is 75.3 Å². The molecule has 3 aromatic rings. The van der Waals surface area contributed by atoms with E-state index < -0.39 is 6.04 Å². The Morgan fingerprint density at radius 3 is 2.69 bits per heavy atom. The number of thiophene rings is 1. The molecule has 4 nitrogen and oxygen atoms in total. The van der Waals surface area contributed by atoms with Crippen LogP contribution < -0.4 is 10.6 Å². The molecule has 1 atom stereocenters. The molecule has 29 heavy (non-hydrogen) atoms. The Bertz CT molecular complexity index is 990. The minimum atomic E-state index is -0.554. The van der Waals surface area contributed by atoms with Crippen molar-refractivity contribution in [3.8, 4) is 0 Å². The standard InChI is InChI=1S/C22H23BrN2O2S2/c1-28-13-11-19(25-21(26)17-7-2-4-8-18(17)23)22(27)24-12-10-15-14-29-20-9-5-3-6-16(15)20/h2-9,14,19H,10-13H2,1H3,(H,24,27)(H,25,26). The van der Waals surface area contributed by atoms with Crippen LogP contribution in [0.3, 0.4) is 0 Å². The van der Waals surface area contributed by atoms with Crippen LogP contribution in [0.1, 0.15) is 22.3 Å². The number of carbonyl (C=O) groups is 2. The zero-order valence-electron chi connectivity index (χ0n) is 16.1. The van der Waals surface area contributed by atoms with E-state index in [1.54, 1.807) is 29.2 Å². The van der Waals surface area contributed by atoms with Crippen molar-refractivity contribution >= 4 is 60.9 Å². The number of hydrogen-bond acceptors (Lipinski definition) is 4. The molecule has 0 bridgehead atoms. The highest BCUT2D eigenvalue weighted by molar-refractivity contribution is 9.10. The molecule has 152 valence electrons. The van der Waals surface area contributed by atoms with Crippen molar-refractivity contribution in [1.29, 1.82) is 0 Å². The number of fused-ring (bicyclic) bond motifs is 1. The molecule has 0 spiro atoms. The average Bonchev–Trinajstić information content (AvgIpc) is 3.14. The molecule has 0 saturated heterocycles. The highest BCUT2D eigenvalue weighted by atomic mass is 79.9. The van der Waals surface area contributed by atoms with E-state index in [9.17, 15) is 9.59 Å². The van der Waals surface area contributed by atoms with Crippen molar-refractivity contribution in [2.75, 3.05) is 18.6 Å². The molecular weight excluding hydrogens is 468 g/mol. The first-order valence-electron chi connectivity index (χ1n) is 9.37. The van der Waals surface area contributed by atoms with E-state index >= 15 is 0 Å². The molecule has 0 saturated carbocycles. The third kappa shape index (κ3) is 5.84. The Hall–Kier alpha value is -1.83. The number of hydrogen-bond donors (Lipinski definition) is 2. The van der Waals surface area contributed by atoms with Gasteiger partial charge in [-0.15, -0.1) is 11.3 Å². The minimum absolute atomic E-state index is 0.140. The predicted molar refractivity (Wildman–Crippen MR) is 127 cm³/mol. The molecule has 0 aliphatic rings. The van der Waals surface area contributed by atoms with Gasteiger partial charge in [0, 0.05) is 15.7 Å². The fraction of sp³-hybridized carbons (Fsp3) is 0.273.